The van der Waals surface area contributed by atoms with Crippen LogP contribution in [0.5, 0.6) is 0 Å². The molecule has 0 fully saturated rings. The molecule has 0 saturated heterocycles. The predicted molar refractivity (Wildman–Crippen MR) is 112 cm³/mol. The molecule has 1 aliphatic rings. The number of hydrogen-bond acceptors (Lipinski definition) is 4. The maximum atomic E-state index is 12.8. The Morgan fingerprint density at radius 1 is 1.33 bits per heavy atom. The van der Waals surface area contributed by atoms with E-state index in [0.717, 1.165) is 35.5 Å². The molecule has 8 nitrogen and oxygen atoms in total. The quantitative estimate of drug-likeness (QED) is 0.526. The van der Waals surface area contributed by atoms with Gasteiger partial charge in [-0.3, -0.25) is 14.7 Å². The van der Waals surface area contributed by atoms with Crippen LogP contribution in [0, 0.1) is 6.92 Å². The molecule has 156 valence electrons. The number of carbonyl (C=O) groups excluding carboxylic acids is 2. The highest BCUT2D eigenvalue weighted by Gasteiger charge is 2.28. The number of benzene rings is 1. The molecule has 3 N–H and O–H groups in total. The Bertz CT molecular complexity index is 1060. The third kappa shape index (κ3) is 4.23. The molecule has 0 radical (unpaired) electrons. The summed E-state index contributed by atoms with van der Waals surface area (Å²) in [5.74, 6) is 0.654. The summed E-state index contributed by atoms with van der Waals surface area (Å²) in [5.41, 5.74) is 3.58. The van der Waals surface area contributed by atoms with E-state index in [1.54, 1.807) is 35.5 Å². The number of aryl methyl sites for hydroxylation is 2. The van der Waals surface area contributed by atoms with Gasteiger partial charge in [0.1, 0.15) is 5.82 Å². The second-order valence-corrected chi connectivity index (χ2v) is 7.77. The van der Waals surface area contributed by atoms with Crippen molar-refractivity contribution in [2.75, 3.05) is 13.1 Å². The van der Waals surface area contributed by atoms with Crippen LogP contribution in [0.3, 0.4) is 0 Å². The zero-order valence-corrected chi connectivity index (χ0v) is 17.4. The van der Waals surface area contributed by atoms with Gasteiger partial charge in [-0.1, -0.05) is 11.6 Å². The number of fused-ring (bicyclic) bond motifs is 1. The average molecular weight is 427 g/mol. The van der Waals surface area contributed by atoms with Gasteiger partial charge >= 0.3 is 0 Å². The number of nitrogens with one attached hydrogen (secondary N) is 3. The molecule has 2 aromatic heterocycles. The largest absolute Gasteiger partial charge is 0.351 e. The molecule has 0 saturated carbocycles. The number of amides is 2. The van der Waals surface area contributed by atoms with Gasteiger partial charge in [-0.05, 0) is 43.5 Å². The van der Waals surface area contributed by atoms with E-state index >= 15 is 0 Å². The van der Waals surface area contributed by atoms with Crippen molar-refractivity contribution >= 4 is 23.4 Å². The molecule has 0 unspecified atom stereocenters. The van der Waals surface area contributed by atoms with Crippen molar-refractivity contribution in [3.8, 4) is 0 Å². The first-order valence-electron chi connectivity index (χ1n) is 9.91. The fraction of sp³-hybridized carbons (Fsp3) is 0.333. The van der Waals surface area contributed by atoms with Gasteiger partial charge in [0.05, 0.1) is 12.2 Å². The molecule has 3 heterocycles. The fourth-order valence-electron chi connectivity index (χ4n) is 3.62. The Balaban J connectivity index is 1.35. The van der Waals surface area contributed by atoms with Crippen molar-refractivity contribution in [2.24, 2.45) is 0 Å². The van der Waals surface area contributed by atoms with E-state index in [4.69, 9.17) is 11.6 Å². The van der Waals surface area contributed by atoms with E-state index in [9.17, 15) is 9.59 Å². The molecule has 0 bridgehead atoms. The maximum absolute atomic E-state index is 12.8. The molecule has 0 spiro atoms. The Morgan fingerprint density at radius 3 is 2.97 bits per heavy atom. The summed E-state index contributed by atoms with van der Waals surface area (Å²) in [5, 5.41) is 10.7. The number of halogens is 1. The third-order valence-electron chi connectivity index (χ3n) is 5.27. The third-order valence-corrected chi connectivity index (χ3v) is 5.70. The van der Waals surface area contributed by atoms with Crippen molar-refractivity contribution in [3.05, 3.63) is 69.5 Å². The highest BCUT2D eigenvalue weighted by atomic mass is 35.5. The molecule has 3 aromatic rings. The molecule has 0 atom stereocenters. The highest BCUT2D eigenvalue weighted by Crippen LogP contribution is 2.23. The van der Waals surface area contributed by atoms with Gasteiger partial charge in [0.2, 0.25) is 0 Å². The van der Waals surface area contributed by atoms with Crippen molar-refractivity contribution in [1.82, 2.24) is 30.4 Å². The molecule has 0 aliphatic carbocycles. The van der Waals surface area contributed by atoms with Crippen LogP contribution in [0.4, 0.5) is 0 Å². The standard InChI is InChI=1S/C21H23ClN6O2/c1-13-11-14(4-5-16(13)22)21(30)28-10-6-15-17(12-28)26-27-19(15)20(29)25-7-2-3-18-23-8-9-24-18/h4-5,8-9,11H,2-3,6-7,10,12H2,1H3,(H,23,24)(H,25,29)(H,26,27). The van der Waals surface area contributed by atoms with Crippen LogP contribution in [-0.2, 0) is 19.4 Å². The molecular formula is C21H23ClN6O2. The summed E-state index contributed by atoms with van der Waals surface area (Å²) in [7, 11) is 0. The molecule has 30 heavy (non-hydrogen) atoms. The number of rotatable bonds is 6. The highest BCUT2D eigenvalue weighted by molar-refractivity contribution is 6.31. The number of nitrogens with zero attached hydrogens (tertiary/aromatic N) is 3. The number of H-pyrrole nitrogens is 2. The zero-order valence-electron chi connectivity index (χ0n) is 16.7. The lowest BCUT2D eigenvalue weighted by atomic mass is 10.0. The Morgan fingerprint density at radius 2 is 2.20 bits per heavy atom. The summed E-state index contributed by atoms with van der Waals surface area (Å²) >= 11 is 6.06. The number of aromatic nitrogens is 4. The van der Waals surface area contributed by atoms with Gasteiger partial charge < -0.3 is 15.2 Å². The lowest BCUT2D eigenvalue weighted by Gasteiger charge is -2.27. The minimum Gasteiger partial charge on any atom is -0.351 e. The number of hydrogen-bond donors (Lipinski definition) is 3. The first-order valence-corrected chi connectivity index (χ1v) is 10.3. The summed E-state index contributed by atoms with van der Waals surface area (Å²) in [6, 6.07) is 5.28. The van der Waals surface area contributed by atoms with Crippen LogP contribution in [0.25, 0.3) is 0 Å². The lowest BCUT2D eigenvalue weighted by Crippen LogP contribution is -2.36. The van der Waals surface area contributed by atoms with E-state index in [0.29, 0.717) is 42.3 Å². The van der Waals surface area contributed by atoms with Gasteiger partial charge in [0, 0.05) is 48.1 Å². The van der Waals surface area contributed by atoms with E-state index in [2.05, 4.69) is 25.5 Å². The molecule has 2 amide bonds. The molecular weight excluding hydrogens is 404 g/mol. The molecule has 1 aliphatic heterocycles. The van der Waals surface area contributed by atoms with Crippen LogP contribution in [0.15, 0.2) is 30.6 Å². The Hall–Kier alpha value is -3.13. The van der Waals surface area contributed by atoms with Crippen LogP contribution < -0.4 is 5.32 Å². The smallest absolute Gasteiger partial charge is 0.272 e. The van der Waals surface area contributed by atoms with Gasteiger partial charge in [0.25, 0.3) is 11.8 Å². The summed E-state index contributed by atoms with van der Waals surface area (Å²) in [6.45, 7) is 3.35. The minimum absolute atomic E-state index is 0.0565. The Kier molecular flexibility index (Phi) is 5.85. The topological polar surface area (TPSA) is 107 Å². The van der Waals surface area contributed by atoms with Crippen LogP contribution in [0.1, 0.15) is 49.9 Å². The number of imidazole rings is 1. The van der Waals surface area contributed by atoms with Gasteiger partial charge in [0.15, 0.2) is 5.69 Å². The molecule has 9 heteroatoms. The second-order valence-electron chi connectivity index (χ2n) is 7.37. The fourth-order valence-corrected chi connectivity index (χ4v) is 3.73. The van der Waals surface area contributed by atoms with Gasteiger partial charge in [-0.15, -0.1) is 0 Å². The lowest BCUT2D eigenvalue weighted by molar-refractivity contribution is 0.0732. The van der Waals surface area contributed by atoms with E-state index in [-0.39, 0.29) is 11.8 Å². The maximum Gasteiger partial charge on any atom is 0.272 e. The second kappa shape index (κ2) is 8.71. The van der Waals surface area contributed by atoms with E-state index in [1.807, 2.05) is 6.92 Å². The van der Waals surface area contributed by atoms with Gasteiger partial charge in [-0.2, -0.15) is 5.10 Å². The minimum atomic E-state index is -0.194. The summed E-state index contributed by atoms with van der Waals surface area (Å²) < 4.78 is 0. The van der Waals surface area contributed by atoms with Gasteiger partial charge in [-0.25, -0.2) is 4.98 Å². The molecule has 4 rings (SSSR count). The average Bonchev–Trinajstić information content (AvgIpc) is 3.42. The normalized spacial score (nSPS) is 13.2. The SMILES string of the molecule is Cc1cc(C(=O)N2CCc3c(C(=O)NCCCc4ncc[nH]4)n[nH]c3C2)ccc1Cl. The first kappa shape index (κ1) is 20.2. The predicted octanol–water partition coefficient (Wildman–Crippen LogP) is 2.66. The van der Waals surface area contributed by atoms with Crippen LogP contribution in [0.2, 0.25) is 5.02 Å². The van der Waals surface area contributed by atoms with Crippen molar-refractivity contribution in [2.45, 2.75) is 32.7 Å². The van der Waals surface area contributed by atoms with E-state index < -0.39 is 0 Å². The Labute approximate surface area is 179 Å². The van der Waals surface area contributed by atoms with Crippen LogP contribution in [-0.4, -0.2) is 50.0 Å². The van der Waals surface area contributed by atoms with Crippen molar-refractivity contribution in [3.63, 3.8) is 0 Å². The number of aromatic amines is 2. The summed E-state index contributed by atoms with van der Waals surface area (Å²) in [4.78, 5) is 34.4. The summed E-state index contributed by atoms with van der Waals surface area (Å²) in [6.07, 6.45) is 5.64. The zero-order chi connectivity index (χ0) is 21.1. The monoisotopic (exact) mass is 426 g/mol. The number of carbonyl (C=O) groups is 2. The first-order chi connectivity index (χ1) is 14.5. The molecule has 1 aromatic carbocycles. The van der Waals surface area contributed by atoms with E-state index in [1.165, 1.54) is 0 Å². The van der Waals surface area contributed by atoms with Crippen LogP contribution >= 0.6 is 11.6 Å². The van der Waals surface area contributed by atoms with Crippen molar-refractivity contribution < 1.29 is 9.59 Å². The van der Waals surface area contributed by atoms with Crippen molar-refractivity contribution in [1.29, 1.82) is 0 Å².